The van der Waals surface area contributed by atoms with Gasteiger partial charge >= 0.3 is 0 Å². The van der Waals surface area contributed by atoms with Crippen molar-refractivity contribution in [1.82, 2.24) is 9.88 Å². The molecule has 1 fully saturated rings. The summed E-state index contributed by atoms with van der Waals surface area (Å²) in [5.41, 5.74) is 2.45. The molecule has 0 radical (unpaired) electrons. The number of hydrogen-bond acceptors (Lipinski definition) is 5. The number of aryl methyl sites for hydroxylation is 2. The van der Waals surface area contributed by atoms with E-state index in [0.29, 0.717) is 22.4 Å². The van der Waals surface area contributed by atoms with Crippen molar-refractivity contribution >= 4 is 21.8 Å². The van der Waals surface area contributed by atoms with Gasteiger partial charge in [-0.05, 0) is 43.9 Å². The molecule has 0 spiro atoms. The van der Waals surface area contributed by atoms with E-state index in [2.05, 4.69) is 15.2 Å². The van der Waals surface area contributed by atoms with Gasteiger partial charge in [0.1, 0.15) is 0 Å². The zero-order valence-electron chi connectivity index (χ0n) is 15.1. The molecular formula is C18H23N3O4S. The first-order valence-electron chi connectivity index (χ1n) is 8.65. The lowest BCUT2D eigenvalue weighted by atomic mass is 10.0. The van der Waals surface area contributed by atoms with Gasteiger partial charge in [0.2, 0.25) is 21.8 Å². The van der Waals surface area contributed by atoms with Crippen LogP contribution >= 0.6 is 0 Å². The maximum atomic E-state index is 12.9. The van der Waals surface area contributed by atoms with Gasteiger partial charge in [0.25, 0.3) is 0 Å². The Morgan fingerprint density at radius 2 is 1.92 bits per heavy atom. The zero-order valence-corrected chi connectivity index (χ0v) is 15.9. The predicted octanol–water partition coefficient (Wildman–Crippen LogP) is 3.14. The van der Waals surface area contributed by atoms with Gasteiger partial charge in [-0.3, -0.25) is 10.1 Å². The molecule has 7 nitrogen and oxygen atoms in total. The number of benzene rings is 1. The molecule has 140 valence electrons. The van der Waals surface area contributed by atoms with E-state index in [1.54, 1.807) is 32.0 Å². The van der Waals surface area contributed by atoms with Crippen LogP contribution in [0.1, 0.15) is 43.9 Å². The molecule has 1 amide bonds. The minimum atomic E-state index is -3.63. The molecule has 1 aromatic heterocycles. The molecule has 1 heterocycles. The van der Waals surface area contributed by atoms with Crippen LogP contribution in [-0.2, 0) is 14.8 Å². The van der Waals surface area contributed by atoms with Gasteiger partial charge in [-0.25, -0.2) is 13.1 Å². The van der Waals surface area contributed by atoms with Gasteiger partial charge in [0.15, 0.2) is 0 Å². The molecule has 8 heteroatoms. The van der Waals surface area contributed by atoms with Crippen molar-refractivity contribution in [1.29, 1.82) is 0 Å². The van der Waals surface area contributed by atoms with E-state index in [1.807, 2.05) is 0 Å². The number of nitrogens with zero attached hydrogens (tertiary/aromatic N) is 1. The molecule has 2 aromatic rings. The normalized spacial score (nSPS) is 15.3. The van der Waals surface area contributed by atoms with Gasteiger partial charge in [-0.2, -0.15) is 0 Å². The lowest BCUT2D eigenvalue weighted by molar-refractivity contribution is -0.114. The second-order valence-corrected chi connectivity index (χ2v) is 8.42. The number of sulfonamides is 1. The summed E-state index contributed by atoms with van der Waals surface area (Å²) in [6.45, 7) is 4.88. The molecule has 1 aliphatic carbocycles. The first-order chi connectivity index (χ1) is 12.3. The van der Waals surface area contributed by atoms with E-state index in [9.17, 15) is 13.2 Å². The second kappa shape index (κ2) is 7.20. The molecule has 0 unspecified atom stereocenters. The lowest BCUT2D eigenvalue weighted by Crippen LogP contribution is -2.33. The number of anilines is 1. The zero-order chi connectivity index (χ0) is 18.9. The van der Waals surface area contributed by atoms with Crippen LogP contribution in [-0.4, -0.2) is 25.5 Å². The molecule has 2 N–H and O–H groups in total. The van der Waals surface area contributed by atoms with Crippen molar-refractivity contribution in [2.24, 2.45) is 0 Å². The van der Waals surface area contributed by atoms with Crippen molar-refractivity contribution in [2.75, 3.05) is 5.32 Å². The van der Waals surface area contributed by atoms with Crippen molar-refractivity contribution < 1.29 is 17.7 Å². The maximum Gasteiger partial charge on any atom is 0.241 e. The summed E-state index contributed by atoms with van der Waals surface area (Å²) in [5, 5.41) is 6.48. The Bertz CT molecular complexity index is 928. The van der Waals surface area contributed by atoms with Crippen molar-refractivity contribution in [2.45, 2.75) is 57.4 Å². The molecule has 0 bridgehead atoms. The van der Waals surface area contributed by atoms with Gasteiger partial charge in [-0.1, -0.05) is 30.1 Å². The lowest BCUT2D eigenvalue weighted by Gasteiger charge is -2.15. The summed E-state index contributed by atoms with van der Waals surface area (Å²) in [5.74, 6) is -0.0730. The topological polar surface area (TPSA) is 101 Å². The Kier molecular flexibility index (Phi) is 5.15. The Morgan fingerprint density at radius 1 is 1.23 bits per heavy atom. The third-order valence-electron chi connectivity index (χ3n) is 4.60. The highest BCUT2D eigenvalue weighted by atomic mass is 32.2. The Morgan fingerprint density at radius 3 is 2.58 bits per heavy atom. The first-order valence-corrected chi connectivity index (χ1v) is 10.1. The number of hydrogen-bond donors (Lipinski definition) is 2. The molecule has 26 heavy (non-hydrogen) atoms. The quantitative estimate of drug-likeness (QED) is 0.833. The Balaban J connectivity index is 2.01. The van der Waals surface area contributed by atoms with Crippen molar-refractivity contribution in [3.8, 4) is 11.1 Å². The van der Waals surface area contributed by atoms with E-state index in [-0.39, 0.29) is 22.7 Å². The van der Waals surface area contributed by atoms with Crippen LogP contribution in [0.3, 0.4) is 0 Å². The average Bonchev–Trinajstić information content (AvgIpc) is 3.17. The Labute approximate surface area is 153 Å². The largest absolute Gasteiger partial charge is 0.337 e. The number of aromatic nitrogens is 1. The van der Waals surface area contributed by atoms with Gasteiger partial charge < -0.3 is 4.52 Å². The summed E-state index contributed by atoms with van der Waals surface area (Å²) in [6.07, 6.45) is 3.84. The third kappa shape index (κ3) is 3.81. The van der Waals surface area contributed by atoms with E-state index in [0.717, 1.165) is 25.7 Å². The fourth-order valence-electron chi connectivity index (χ4n) is 3.33. The number of amides is 1. The summed E-state index contributed by atoms with van der Waals surface area (Å²) < 4.78 is 33.7. The molecule has 0 atom stereocenters. The maximum absolute atomic E-state index is 12.9. The van der Waals surface area contributed by atoms with E-state index in [4.69, 9.17) is 4.52 Å². The summed E-state index contributed by atoms with van der Waals surface area (Å²) >= 11 is 0. The molecule has 1 aromatic carbocycles. The van der Waals surface area contributed by atoms with Crippen molar-refractivity contribution in [3.05, 3.63) is 29.5 Å². The highest BCUT2D eigenvalue weighted by Gasteiger charge is 2.25. The fourth-order valence-corrected chi connectivity index (χ4v) is 4.90. The molecule has 0 aliphatic heterocycles. The van der Waals surface area contributed by atoms with Crippen LogP contribution in [0, 0.1) is 13.8 Å². The summed E-state index contributed by atoms with van der Waals surface area (Å²) in [7, 11) is -3.63. The number of rotatable bonds is 5. The molecule has 0 saturated heterocycles. The van der Waals surface area contributed by atoms with Gasteiger partial charge in [0, 0.05) is 13.0 Å². The minimum absolute atomic E-state index is 0.00433. The van der Waals surface area contributed by atoms with Gasteiger partial charge in [-0.15, -0.1) is 0 Å². The fraction of sp³-hybridized carbons (Fsp3) is 0.444. The minimum Gasteiger partial charge on any atom is -0.337 e. The van der Waals surface area contributed by atoms with Crippen LogP contribution in [0.2, 0.25) is 0 Å². The number of carbonyl (C=O) groups excluding carboxylic acids is 1. The smallest absolute Gasteiger partial charge is 0.241 e. The molecule has 1 aliphatic rings. The highest BCUT2D eigenvalue weighted by molar-refractivity contribution is 7.89. The third-order valence-corrected chi connectivity index (χ3v) is 6.26. The predicted molar refractivity (Wildman–Crippen MR) is 98.3 cm³/mol. The highest BCUT2D eigenvalue weighted by Crippen LogP contribution is 2.34. The standard InChI is InChI=1S/C18H23N3O4S/c1-11-8-9-14(17-12(2)20-25-18(17)19-13(3)22)10-16(11)26(23,24)21-15-6-4-5-7-15/h8-10,15,21H,4-7H2,1-3H3,(H,19,22). The molecule has 3 rings (SSSR count). The van der Waals surface area contributed by atoms with Crippen LogP contribution in [0.5, 0.6) is 0 Å². The molecule has 1 saturated carbocycles. The van der Waals surface area contributed by atoms with E-state index in [1.165, 1.54) is 6.92 Å². The number of nitrogens with one attached hydrogen (secondary N) is 2. The van der Waals surface area contributed by atoms with Crippen LogP contribution in [0.15, 0.2) is 27.6 Å². The second-order valence-electron chi connectivity index (χ2n) is 6.74. The van der Waals surface area contributed by atoms with E-state index < -0.39 is 10.0 Å². The average molecular weight is 377 g/mol. The van der Waals surface area contributed by atoms with Crippen molar-refractivity contribution in [3.63, 3.8) is 0 Å². The Hall–Kier alpha value is -2.19. The van der Waals surface area contributed by atoms with Crippen LogP contribution < -0.4 is 10.0 Å². The van der Waals surface area contributed by atoms with Gasteiger partial charge in [0.05, 0.1) is 16.2 Å². The number of carbonyl (C=O) groups is 1. The first kappa shape index (κ1) is 18.6. The SMILES string of the molecule is CC(=O)Nc1onc(C)c1-c1ccc(C)c(S(=O)(=O)NC2CCCC2)c1. The van der Waals surface area contributed by atoms with Crippen LogP contribution in [0.25, 0.3) is 11.1 Å². The van der Waals surface area contributed by atoms with Crippen LogP contribution in [0.4, 0.5) is 5.88 Å². The van der Waals surface area contributed by atoms with E-state index >= 15 is 0 Å². The monoisotopic (exact) mass is 377 g/mol. The summed E-state index contributed by atoms with van der Waals surface area (Å²) in [6, 6.07) is 5.16. The summed E-state index contributed by atoms with van der Waals surface area (Å²) in [4.78, 5) is 11.6. The molecular weight excluding hydrogens is 354 g/mol.